The van der Waals surface area contributed by atoms with Crippen molar-refractivity contribution in [2.75, 3.05) is 13.1 Å². The highest BCUT2D eigenvalue weighted by Gasteiger charge is 2.44. The zero-order chi connectivity index (χ0) is 10.7. The highest BCUT2D eigenvalue weighted by Crippen LogP contribution is 2.35. The minimum absolute atomic E-state index is 0. The van der Waals surface area contributed by atoms with Gasteiger partial charge < -0.3 is 5.11 Å². The Balaban J connectivity index is 0.00000128. The minimum Gasteiger partial charge on any atom is -0.480 e. The molecule has 1 aliphatic heterocycles. The second-order valence-corrected chi connectivity index (χ2v) is 4.95. The Labute approximate surface area is 104 Å². The van der Waals surface area contributed by atoms with Crippen LogP contribution in [0.4, 0.5) is 0 Å². The lowest BCUT2D eigenvalue weighted by atomic mass is 9.79. The van der Waals surface area contributed by atoms with Crippen molar-refractivity contribution in [3.05, 3.63) is 0 Å². The molecule has 4 heteroatoms. The van der Waals surface area contributed by atoms with Gasteiger partial charge in [-0.25, -0.2) is 0 Å². The van der Waals surface area contributed by atoms with Crippen LogP contribution in [0.15, 0.2) is 0 Å². The van der Waals surface area contributed by atoms with Crippen LogP contribution in [0.2, 0.25) is 0 Å². The second kappa shape index (κ2) is 5.87. The van der Waals surface area contributed by atoms with E-state index in [1.165, 1.54) is 25.7 Å². The number of rotatable bonds is 2. The van der Waals surface area contributed by atoms with E-state index in [1.807, 2.05) is 0 Å². The fraction of sp³-hybridized carbons (Fsp3) is 0.917. The lowest BCUT2D eigenvalue weighted by Gasteiger charge is -2.44. The zero-order valence-electron chi connectivity index (χ0n) is 9.78. The second-order valence-electron chi connectivity index (χ2n) is 4.95. The van der Waals surface area contributed by atoms with Crippen LogP contribution in [0.1, 0.15) is 51.4 Å². The number of carbonyl (C=O) groups is 1. The van der Waals surface area contributed by atoms with Crippen LogP contribution in [0.5, 0.6) is 0 Å². The summed E-state index contributed by atoms with van der Waals surface area (Å²) in [4.78, 5) is 13.8. The quantitative estimate of drug-likeness (QED) is 0.816. The summed E-state index contributed by atoms with van der Waals surface area (Å²) in [5, 5.41) is 9.50. The van der Waals surface area contributed by atoms with Crippen molar-refractivity contribution in [2.24, 2.45) is 0 Å². The summed E-state index contributed by atoms with van der Waals surface area (Å²) >= 11 is 0. The lowest BCUT2D eigenvalue weighted by molar-refractivity contribution is -0.155. The third kappa shape index (κ3) is 2.51. The number of likely N-dealkylation sites (tertiary alicyclic amines) is 1. The van der Waals surface area contributed by atoms with E-state index in [0.717, 1.165) is 38.8 Å². The maximum absolute atomic E-state index is 11.5. The van der Waals surface area contributed by atoms with Crippen molar-refractivity contribution >= 4 is 18.4 Å². The smallest absolute Gasteiger partial charge is 0.324 e. The third-order valence-corrected chi connectivity index (χ3v) is 4.04. The van der Waals surface area contributed by atoms with Crippen molar-refractivity contribution in [1.82, 2.24) is 4.90 Å². The molecule has 1 N–H and O–H groups in total. The number of hydrogen-bond acceptors (Lipinski definition) is 2. The summed E-state index contributed by atoms with van der Waals surface area (Å²) in [6.45, 7) is 1.98. The zero-order valence-corrected chi connectivity index (χ0v) is 10.6. The number of aliphatic carboxylic acids is 1. The molecule has 0 unspecified atom stereocenters. The molecule has 16 heavy (non-hydrogen) atoms. The van der Waals surface area contributed by atoms with E-state index >= 15 is 0 Å². The van der Waals surface area contributed by atoms with E-state index in [9.17, 15) is 9.90 Å². The Morgan fingerprint density at radius 1 is 0.938 bits per heavy atom. The van der Waals surface area contributed by atoms with Gasteiger partial charge in [0.2, 0.25) is 0 Å². The van der Waals surface area contributed by atoms with Crippen molar-refractivity contribution in [3.8, 4) is 0 Å². The molecule has 2 rings (SSSR count). The maximum Gasteiger partial charge on any atom is 0.324 e. The van der Waals surface area contributed by atoms with Crippen LogP contribution in [0, 0.1) is 0 Å². The van der Waals surface area contributed by atoms with Crippen LogP contribution in [0.25, 0.3) is 0 Å². The molecule has 0 aromatic rings. The Morgan fingerprint density at radius 2 is 1.44 bits per heavy atom. The molecule has 0 atom stereocenters. The summed E-state index contributed by atoms with van der Waals surface area (Å²) in [6.07, 6.45) is 8.73. The predicted octanol–water partition coefficient (Wildman–Crippen LogP) is 2.68. The van der Waals surface area contributed by atoms with Gasteiger partial charge >= 0.3 is 5.97 Å². The van der Waals surface area contributed by atoms with Gasteiger partial charge in [0.1, 0.15) is 5.54 Å². The molecule has 1 aliphatic carbocycles. The van der Waals surface area contributed by atoms with Gasteiger partial charge in [0.25, 0.3) is 0 Å². The average Bonchev–Trinajstić information content (AvgIpc) is 2.31. The number of hydrogen-bond donors (Lipinski definition) is 1. The molecule has 2 aliphatic rings. The van der Waals surface area contributed by atoms with Crippen molar-refractivity contribution in [2.45, 2.75) is 56.9 Å². The minimum atomic E-state index is -0.580. The Morgan fingerprint density at radius 3 is 1.94 bits per heavy atom. The molecule has 0 radical (unpaired) electrons. The van der Waals surface area contributed by atoms with Gasteiger partial charge in [-0.2, -0.15) is 0 Å². The fourth-order valence-electron chi connectivity index (χ4n) is 3.12. The number of piperidine rings is 1. The maximum atomic E-state index is 11.5. The summed E-state index contributed by atoms with van der Waals surface area (Å²) in [5.41, 5.74) is -0.501. The van der Waals surface area contributed by atoms with Gasteiger partial charge in [0.05, 0.1) is 0 Å². The van der Waals surface area contributed by atoms with Crippen LogP contribution < -0.4 is 0 Å². The van der Waals surface area contributed by atoms with E-state index in [4.69, 9.17) is 0 Å². The number of carboxylic acids is 1. The first-order valence-electron chi connectivity index (χ1n) is 6.24. The van der Waals surface area contributed by atoms with Gasteiger partial charge in [-0.3, -0.25) is 9.69 Å². The monoisotopic (exact) mass is 247 g/mol. The lowest BCUT2D eigenvalue weighted by Crippen LogP contribution is -2.57. The van der Waals surface area contributed by atoms with Crippen LogP contribution in [-0.2, 0) is 4.79 Å². The van der Waals surface area contributed by atoms with Crippen molar-refractivity contribution in [1.29, 1.82) is 0 Å². The fourth-order valence-corrected chi connectivity index (χ4v) is 3.12. The predicted molar refractivity (Wildman–Crippen MR) is 66.1 cm³/mol. The SMILES string of the molecule is Cl.O=C(O)C1(N2CCCCC2)CCCCC1. The average molecular weight is 248 g/mol. The Kier molecular flexibility index (Phi) is 5.06. The molecule has 94 valence electrons. The van der Waals surface area contributed by atoms with Crippen molar-refractivity contribution < 1.29 is 9.90 Å². The van der Waals surface area contributed by atoms with Crippen molar-refractivity contribution in [3.63, 3.8) is 0 Å². The molecule has 1 heterocycles. The Hall–Kier alpha value is -0.280. The highest BCUT2D eigenvalue weighted by molar-refractivity contribution is 5.85. The van der Waals surface area contributed by atoms with Crippen LogP contribution >= 0.6 is 12.4 Å². The molecule has 0 bridgehead atoms. The molecule has 0 aromatic heterocycles. The van der Waals surface area contributed by atoms with Gasteiger partial charge in [-0.15, -0.1) is 12.4 Å². The molecule has 0 aromatic carbocycles. The topological polar surface area (TPSA) is 40.5 Å². The molecule has 1 saturated carbocycles. The first-order chi connectivity index (χ1) is 7.26. The molecular weight excluding hydrogens is 226 g/mol. The van der Waals surface area contributed by atoms with Crippen LogP contribution in [-0.4, -0.2) is 34.6 Å². The summed E-state index contributed by atoms with van der Waals surface area (Å²) < 4.78 is 0. The molecule has 1 saturated heterocycles. The van der Waals surface area contributed by atoms with E-state index in [2.05, 4.69) is 4.90 Å². The first kappa shape index (κ1) is 13.8. The van der Waals surface area contributed by atoms with Gasteiger partial charge in [-0.1, -0.05) is 25.7 Å². The number of nitrogens with zero attached hydrogens (tertiary/aromatic N) is 1. The first-order valence-corrected chi connectivity index (χ1v) is 6.24. The van der Waals surface area contributed by atoms with Gasteiger partial charge in [0.15, 0.2) is 0 Å². The molecule has 0 amide bonds. The standard InChI is InChI=1S/C12H21NO2.ClH/c14-11(15)12(7-3-1-4-8-12)13-9-5-2-6-10-13;/h1-10H2,(H,14,15);1H. The summed E-state index contributed by atoms with van der Waals surface area (Å²) in [7, 11) is 0. The number of halogens is 1. The van der Waals surface area contributed by atoms with E-state index < -0.39 is 11.5 Å². The summed E-state index contributed by atoms with van der Waals surface area (Å²) in [6, 6.07) is 0. The highest BCUT2D eigenvalue weighted by atomic mass is 35.5. The largest absolute Gasteiger partial charge is 0.480 e. The number of carboxylic acid groups (broad SMARTS) is 1. The Bertz CT molecular complexity index is 233. The van der Waals surface area contributed by atoms with Gasteiger partial charge in [-0.05, 0) is 38.8 Å². The molecule has 2 fully saturated rings. The molecule has 0 spiro atoms. The third-order valence-electron chi connectivity index (χ3n) is 4.04. The molecule has 3 nitrogen and oxygen atoms in total. The van der Waals surface area contributed by atoms with E-state index in [0.29, 0.717) is 0 Å². The van der Waals surface area contributed by atoms with E-state index in [-0.39, 0.29) is 12.4 Å². The normalized spacial score (nSPS) is 25.8. The van der Waals surface area contributed by atoms with E-state index in [1.54, 1.807) is 0 Å². The van der Waals surface area contributed by atoms with Gasteiger partial charge in [0, 0.05) is 0 Å². The van der Waals surface area contributed by atoms with Crippen LogP contribution in [0.3, 0.4) is 0 Å². The molecular formula is C12H22ClNO2. The summed E-state index contributed by atoms with van der Waals surface area (Å²) in [5.74, 6) is -0.580.